The van der Waals surface area contributed by atoms with Crippen LogP contribution in [0.3, 0.4) is 0 Å². The van der Waals surface area contributed by atoms with Crippen LogP contribution >= 0.6 is 0 Å². The van der Waals surface area contributed by atoms with Gasteiger partial charge in [-0.2, -0.15) is 0 Å². The Kier molecular flexibility index (Phi) is 6.59. The molecule has 2 amide bonds. The second kappa shape index (κ2) is 9.51. The summed E-state index contributed by atoms with van der Waals surface area (Å²) >= 11 is 0. The molecule has 30 heavy (non-hydrogen) atoms. The van der Waals surface area contributed by atoms with Crippen LogP contribution in [0, 0.1) is 0 Å². The molecule has 8 heteroatoms. The fourth-order valence-electron chi connectivity index (χ4n) is 3.10. The molecule has 0 bridgehead atoms. The monoisotopic (exact) mass is 409 g/mol. The Bertz CT molecular complexity index is 1030. The average molecular weight is 409 g/mol. The van der Waals surface area contributed by atoms with Gasteiger partial charge in [-0.05, 0) is 30.3 Å². The minimum Gasteiger partial charge on any atom is -0.493 e. The van der Waals surface area contributed by atoms with Gasteiger partial charge in [-0.3, -0.25) is 20.4 Å². The summed E-state index contributed by atoms with van der Waals surface area (Å²) in [6.07, 6.45) is 3.66. The smallest absolute Gasteiger partial charge is 0.271 e. The van der Waals surface area contributed by atoms with Crippen LogP contribution in [0.1, 0.15) is 15.9 Å². The van der Waals surface area contributed by atoms with Crippen LogP contribution in [-0.2, 0) is 11.2 Å². The van der Waals surface area contributed by atoms with Crippen molar-refractivity contribution in [1.29, 1.82) is 0 Å². The molecule has 156 valence electrons. The highest BCUT2D eigenvalue weighted by molar-refractivity contribution is 5.98. The fraction of sp³-hybridized carbons (Fsp3) is 0.182. The van der Waals surface area contributed by atoms with Crippen LogP contribution in [0.5, 0.6) is 17.2 Å². The zero-order chi connectivity index (χ0) is 21.5. The highest BCUT2D eigenvalue weighted by atomic mass is 16.5. The van der Waals surface area contributed by atoms with Crippen LogP contribution in [0.25, 0.3) is 5.69 Å². The number of hydrogen-bond acceptors (Lipinski definition) is 5. The molecule has 0 radical (unpaired) electrons. The number of benzene rings is 2. The van der Waals surface area contributed by atoms with Crippen molar-refractivity contribution in [2.75, 3.05) is 21.3 Å². The van der Waals surface area contributed by atoms with Gasteiger partial charge in [0.2, 0.25) is 11.7 Å². The number of ether oxygens (including phenoxy) is 3. The topological polar surface area (TPSA) is 90.8 Å². The van der Waals surface area contributed by atoms with Gasteiger partial charge in [-0.25, -0.2) is 0 Å². The van der Waals surface area contributed by atoms with Gasteiger partial charge in [-0.15, -0.1) is 0 Å². The van der Waals surface area contributed by atoms with Crippen molar-refractivity contribution >= 4 is 11.8 Å². The standard InChI is InChI=1S/C22H23N3O5/c1-28-18-11-10-15(20(29-2)21(18)30-3)14-19(26)23-24-22(27)16-8-4-5-9-17(16)25-12-6-7-13-25/h4-13H,14H2,1-3H3,(H,23,26)(H,24,27). The van der Waals surface area contributed by atoms with E-state index < -0.39 is 11.8 Å². The number of aromatic nitrogens is 1. The molecule has 1 heterocycles. The van der Waals surface area contributed by atoms with E-state index in [1.807, 2.05) is 41.2 Å². The van der Waals surface area contributed by atoms with Crippen molar-refractivity contribution < 1.29 is 23.8 Å². The summed E-state index contributed by atoms with van der Waals surface area (Å²) in [5, 5.41) is 0. The molecule has 3 rings (SSSR count). The number of para-hydroxylation sites is 1. The van der Waals surface area contributed by atoms with Gasteiger partial charge in [0.25, 0.3) is 5.91 Å². The van der Waals surface area contributed by atoms with Crippen molar-refractivity contribution in [3.05, 3.63) is 72.1 Å². The molecule has 2 N–H and O–H groups in total. The van der Waals surface area contributed by atoms with Gasteiger partial charge in [0.15, 0.2) is 11.5 Å². The second-order valence-electron chi connectivity index (χ2n) is 6.28. The van der Waals surface area contributed by atoms with E-state index in [1.165, 1.54) is 21.3 Å². The van der Waals surface area contributed by atoms with E-state index >= 15 is 0 Å². The Morgan fingerprint density at radius 3 is 2.20 bits per heavy atom. The normalized spacial score (nSPS) is 10.2. The van der Waals surface area contributed by atoms with Gasteiger partial charge in [0.05, 0.1) is 39.0 Å². The third-order valence-electron chi connectivity index (χ3n) is 4.48. The lowest BCUT2D eigenvalue weighted by Gasteiger charge is -2.16. The van der Waals surface area contributed by atoms with Crippen LogP contribution < -0.4 is 25.1 Å². The molecule has 0 unspecified atom stereocenters. The fourth-order valence-corrected chi connectivity index (χ4v) is 3.10. The maximum absolute atomic E-state index is 12.6. The van der Waals surface area contributed by atoms with E-state index in [2.05, 4.69) is 10.9 Å². The number of nitrogens with one attached hydrogen (secondary N) is 2. The van der Waals surface area contributed by atoms with Crippen LogP contribution in [0.15, 0.2) is 60.9 Å². The maximum atomic E-state index is 12.6. The van der Waals surface area contributed by atoms with Gasteiger partial charge in [-0.1, -0.05) is 18.2 Å². The van der Waals surface area contributed by atoms with Crippen molar-refractivity contribution in [2.45, 2.75) is 6.42 Å². The number of hydrogen-bond donors (Lipinski definition) is 2. The molecule has 0 fully saturated rings. The quantitative estimate of drug-likeness (QED) is 0.585. The van der Waals surface area contributed by atoms with Crippen molar-refractivity contribution in [3.63, 3.8) is 0 Å². The molecule has 0 saturated heterocycles. The summed E-state index contributed by atoms with van der Waals surface area (Å²) in [6, 6.07) is 14.3. The molecule has 1 aromatic heterocycles. The number of rotatable bonds is 7. The lowest BCUT2D eigenvalue weighted by Crippen LogP contribution is -2.42. The summed E-state index contributed by atoms with van der Waals surface area (Å²) in [5.74, 6) is 0.457. The first-order chi connectivity index (χ1) is 14.6. The second-order valence-corrected chi connectivity index (χ2v) is 6.28. The number of amides is 2. The van der Waals surface area contributed by atoms with E-state index in [4.69, 9.17) is 14.2 Å². The van der Waals surface area contributed by atoms with Gasteiger partial charge >= 0.3 is 0 Å². The highest BCUT2D eigenvalue weighted by Gasteiger charge is 2.18. The summed E-state index contributed by atoms with van der Waals surface area (Å²) in [5.41, 5.74) is 6.63. The number of hydrazine groups is 1. The summed E-state index contributed by atoms with van der Waals surface area (Å²) in [7, 11) is 4.50. The van der Waals surface area contributed by atoms with E-state index in [0.717, 1.165) is 0 Å². The van der Waals surface area contributed by atoms with E-state index in [0.29, 0.717) is 34.1 Å². The van der Waals surface area contributed by atoms with Crippen molar-refractivity contribution in [3.8, 4) is 22.9 Å². The van der Waals surface area contributed by atoms with E-state index in [-0.39, 0.29) is 6.42 Å². The predicted octanol–water partition coefficient (Wildman–Crippen LogP) is 2.51. The molecule has 8 nitrogen and oxygen atoms in total. The molecule has 0 spiro atoms. The van der Waals surface area contributed by atoms with Gasteiger partial charge in [0.1, 0.15) is 0 Å². The Morgan fingerprint density at radius 1 is 0.833 bits per heavy atom. The largest absolute Gasteiger partial charge is 0.493 e. The maximum Gasteiger partial charge on any atom is 0.271 e. The zero-order valence-corrected chi connectivity index (χ0v) is 17.0. The van der Waals surface area contributed by atoms with E-state index in [9.17, 15) is 9.59 Å². The average Bonchev–Trinajstić information content (AvgIpc) is 3.31. The first kappa shape index (κ1) is 20.8. The molecular formula is C22H23N3O5. The lowest BCUT2D eigenvalue weighted by molar-refractivity contribution is -0.121. The molecular weight excluding hydrogens is 386 g/mol. The molecule has 0 aliphatic rings. The molecule has 3 aromatic rings. The Hall–Kier alpha value is -3.94. The Labute approximate surface area is 174 Å². The lowest BCUT2D eigenvalue weighted by atomic mass is 10.1. The first-order valence-electron chi connectivity index (χ1n) is 9.18. The number of carbonyl (C=O) groups excluding carboxylic acids is 2. The van der Waals surface area contributed by atoms with Gasteiger partial charge < -0.3 is 18.8 Å². The first-order valence-corrected chi connectivity index (χ1v) is 9.18. The predicted molar refractivity (Wildman–Crippen MR) is 111 cm³/mol. The SMILES string of the molecule is COc1ccc(CC(=O)NNC(=O)c2ccccc2-n2cccc2)c(OC)c1OC. The van der Waals surface area contributed by atoms with Crippen LogP contribution in [0.2, 0.25) is 0 Å². The molecule has 0 atom stereocenters. The van der Waals surface area contributed by atoms with Crippen molar-refractivity contribution in [2.24, 2.45) is 0 Å². The van der Waals surface area contributed by atoms with Crippen molar-refractivity contribution in [1.82, 2.24) is 15.4 Å². The molecule has 2 aromatic carbocycles. The number of nitrogens with zero attached hydrogens (tertiary/aromatic N) is 1. The van der Waals surface area contributed by atoms with E-state index in [1.54, 1.807) is 24.3 Å². The third kappa shape index (κ3) is 4.38. The minimum atomic E-state index is -0.424. The van der Waals surface area contributed by atoms with Crippen LogP contribution in [-0.4, -0.2) is 37.7 Å². The third-order valence-corrected chi connectivity index (χ3v) is 4.48. The minimum absolute atomic E-state index is 0.0247. The molecule has 0 aliphatic carbocycles. The zero-order valence-electron chi connectivity index (χ0n) is 17.0. The Balaban J connectivity index is 1.70. The van der Waals surface area contributed by atoms with Gasteiger partial charge in [0, 0.05) is 18.0 Å². The summed E-state index contributed by atoms with van der Waals surface area (Å²) in [6.45, 7) is 0. The number of methoxy groups -OCH3 is 3. The summed E-state index contributed by atoms with van der Waals surface area (Å²) in [4.78, 5) is 25.0. The summed E-state index contributed by atoms with van der Waals surface area (Å²) < 4.78 is 17.8. The Morgan fingerprint density at radius 2 is 1.53 bits per heavy atom. The number of carbonyl (C=O) groups is 2. The molecule has 0 aliphatic heterocycles. The van der Waals surface area contributed by atoms with Crippen LogP contribution in [0.4, 0.5) is 0 Å². The molecule has 0 saturated carbocycles. The highest BCUT2D eigenvalue weighted by Crippen LogP contribution is 2.39.